The van der Waals surface area contributed by atoms with Gasteiger partial charge in [-0.2, -0.15) is 0 Å². The number of anilines is 2. The lowest BCUT2D eigenvalue weighted by molar-refractivity contribution is -0.117. The molecule has 0 atom stereocenters. The lowest BCUT2D eigenvalue weighted by atomic mass is 9.78. The Hall–Kier alpha value is -2.71. The number of amides is 1. The van der Waals surface area contributed by atoms with E-state index in [2.05, 4.69) is 47.1 Å². The second kappa shape index (κ2) is 9.03. The van der Waals surface area contributed by atoms with Crippen LogP contribution in [0.25, 0.3) is 0 Å². The third kappa shape index (κ3) is 5.19. The molecule has 32 heavy (non-hydrogen) atoms. The van der Waals surface area contributed by atoms with Crippen molar-refractivity contribution in [3.05, 3.63) is 70.7 Å². The monoisotopic (exact) mass is 469 g/mol. The third-order valence-corrected chi connectivity index (χ3v) is 8.01. The highest BCUT2D eigenvalue weighted by Gasteiger charge is 2.26. The Labute approximate surface area is 193 Å². The molecule has 2 aromatic carbocycles. The first kappa shape index (κ1) is 22.5. The molecule has 1 aliphatic rings. The summed E-state index contributed by atoms with van der Waals surface area (Å²) in [6.07, 6.45) is 6.59. The van der Waals surface area contributed by atoms with Gasteiger partial charge in [0.1, 0.15) is 0 Å². The summed E-state index contributed by atoms with van der Waals surface area (Å²) in [6, 6.07) is 12.8. The van der Waals surface area contributed by atoms with Crippen LogP contribution in [0.2, 0.25) is 0 Å². The molecule has 2 N–H and O–H groups in total. The van der Waals surface area contributed by atoms with Gasteiger partial charge in [0.2, 0.25) is 5.91 Å². The number of rotatable bonds is 7. The number of benzene rings is 2. The standard InChI is InChI=1S/C24H27N3O3S2/c1-24(2,19-8-7-17-5-3-4-6-18(17)15-19)16-22(28)26-20-9-11-21(12-10-20)32(29,30)27-23-25-13-14-31-23/h7-15H,3-6,16H2,1-2H3,(H,25,27)(H,26,28). The number of nitrogens with zero attached hydrogens (tertiary/aromatic N) is 1. The first-order valence-electron chi connectivity index (χ1n) is 10.7. The van der Waals surface area contributed by atoms with Crippen LogP contribution >= 0.6 is 11.3 Å². The molecule has 3 aromatic rings. The Bertz CT molecular complexity index is 1200. The Kier molecular flexibility index (Phi) is 6.35. The molecule has 0 saturated carbocycles. The van der Waals surface area contributed by atoms with Gasteiger partial charge in [0, 0.05) is 23.7 Å². The highest BCUT2D eigenvalue weighted by molar-refractivity contribution is 7.93. The molecule has 1 heterocycles. The Balaban J connectivity index is 1.40. The fraction of sp³-hybridized carbons (Fsp3) is 0.333. The largest absolute Gasteiger partial charge is 0.326 e. The van der Waals surface area contributed by atoms with Crippen molar-refractivity contribution in [3.8, 4) is 0 Å². The van der Waals surface area contributed by atoms with Gasteiger partial charge in [-0.3, -0.25) is 9.52 Å². The second-order valence-corrected chi connectivity index (χ2v) is 11.3. The number of aromatic nitrogens is 1. The van der Waals surface area contributed by atoms with Crippen LogP contribution in [0.15, 0.2) is 58.9 Å². The molecule has 6 nitrogen and oxygen atoms in total. The minimum Gasteiger partial charge on any atom is -0.326 e. The van der Waals surface area contributed by atoms with Crippen LogP contribution in [0, 0.1) is 0 Å². The van der Waals surface area contributed by atoms with Crippen molar-refractivity contribution < 1.29 is 13.2 Å². The van der Waals surface area contributed by atoms with Gasteiger partial charge < -0.3 is 5.32 Å². The molecular formula is C24H27N3O3S2. The zero-order chi connectivity index (χ0) is 22.8. The molecule has 0 bridgehead atoms. The molecule has 0 aliphatic heterocycles. The van der Waals surface area contributed by atoms with Gasteiger partial charge in [-0.1, -0.05) is 32.0 Å². The predicted octanol–water partition coefficient (Wildman–Crippen LogP) is 5.13. The summed E-state index contributed by atoms with van der Waals surface area (Å²) in [5, 5.41) is 4.90. The van der Waals surface area contributed by atoms with Crippen molar-refractivity contribution in [3.63, 3.8) is 0 Å². The maximum Gasteiger partial charge on any atom is 0.263 e. The number of sulfonamides is 1. The number of fused-ring (bicyclic) bond motifs is 1. The maximum atomic E-state index is 12.7. The molecule has 1 aromatic heterocycles. The fourth-order valence-corrected chi connectivity index (χ4v) is 5.82. The number of hydrogen-bond donors (Lipinski definition) is 2. The van der Waals surface area contributed by atoms with Gasteiger partial charge in [-0.15, -0.1) is 11.3 Å². The van der Waals surface area contributed by atoms with E-state index in [-0.39, 0.29) is 16.2 Å². The second-order valence-electron chi connectivity index (χ2n) is 8.77. The number of hydrogen-bond acceptors (Lipinski definition) is 5. The Morgan fingerprint density at radius 1 is 1.06 bits per heavy atom. The maximum absolute atomic E-state index is 12.7. The lowest BCUT2D eigenvalue weighted by Crippen LogP contribution is -2.26. The minimum atomic E-state index is -3.72. The van der Waals surface area contributed by atoms with Crippen LogP contribution in [-0.4, -0.2) is 19.3 Å². The highest BCUT2D eigenvalue weighted by Crippen LogP contribution is 2.31. The fourth-order valence-electron chi connectivity index (χ4n) is 4.03. The summed E-state index contributed by atoms with van der Waals surface area (Å²) in [7, 11) is -3.72. The van der Waals surface area contributed by atoms with Gasteiger partial charge in [0.05, 0.1) is 4.90 Å². The SMILES string of the molecule is CC(C)(CC(=O)Nc1ccc(S(=O)(=O)Nc2nccs2)cc1)c1ccc2c(c1)CCCC2. The van der Waals surface area contributed by atoms with Gasteiger partial charge in [-0.25, -0.2) is 13.4 Å². The van der Waals surface area contributed by atoms with Crippen LogP contribution < -0.4 is 10.0 Å². The molecule has 1 amide bonds. The van der Waals surface area contributed by atoms with Gasteiger partial charge >= 0.3 is 0 Å². The molecule has 0 spiro atoms. The summed E-state index contributed by atoms with van der Waals surface area (Å²) >= 11 is 1.21. The number of thiazole rings is 1. The predicted molar refractivity (Wildman–Crippen MR) is 129 cm³/mol. The Morgan fingerprint density at radius 2 is 1.78 bits per heavy atom. The van der Waals surface area contributed by atoms with Crippen molar-refractivity contribution in [2.45, 2.75) is 56.3 Å². The van der Waals surface area contributed by atoms with Crippen LogP contribution in [0.4, 0.5) is 10.8 Å². The van der Waals surface area contributed by atoms with Crippen LogP contribution in [0.5, 0.6) is 0 Å². The van der Waals surface area contributed by atoms with Crippen molar-refractivity contribution >= 4 is 38.1 Å². The molecule has 0 saturated heterocycles. The number of nitrogens with one attached hydrogen (secondary N) is 2. The van der Waals surface area contributed by atoms with Crippen molar-refractivity contribution in [2.75, 3.05) is 10.0 Å². The van der Waals surface area contributed by atoms with E-state index in [1.54, 1.807) is 17.5 Å². The smallest absolute Gasteiger partial charge is 0.263 e. The first-order valence-corrected chi connectivity index (χ1v) is 13.0. The average Bonchev–Trinajstić information content (AvgIpc) is 3.25. The topological polar surface area (TPSA) is 88.2 Å². The van der Waals surface area contributed by atoms with E-state index in [1.807, 2.05) is 0 Å². The van der Waals surface area contributed by atoms with E-state index in [1.165, 1.54) is 59.2 Å². The summed E-state index contributed by atoms with van der Waals surface area (Å²) < 4.78 is 27.3. The van der Waals surface area contributed by atoms with Gasteiger partial charge in [0.25, 0.3) is 10.0 Å². The van der Waals surface area contributed by atoms with Gasteiger partial charge in [0.15, 0.2) is 5.13 Å². The molecule has 0 unspecified atom stereocenters. The van der Waals surface area contributed by atoms with E-state index in [4.69, 9.17) is 0 Å². The van der Waals surface area contributed by atoms with Crippen molar-refractivity contribution in [1.29, 1.82) is 0 Å². The quantitative estimate of drug-likeness (QED) is 0.502. The normalized spacial score (nSPS) is 13.9. The lowest BCUT2D eigenvalue weighted by Gasteiger charge is -2.27. The molecule has 1 aliphatic carbocycles. The summed E-state index contributed by atoms with van der Waals surface area (Å²) in [4.78, 5) is 16.8. The summed E-state index contributed by atoms with van der Waals surface area (Å²) in [5.41, 5.74) is 4.26. The van der Waals surface area contributed by atoms with Gasteiger partial charge in [-0.05, 0) is 72.1 Å². The third-order valence-electron chi connectivity index (χ3n) is 5.83. The molecule has 4 rings (SSSR count). The zero-order valence-corrected chi connectivity index (χ0v) is 19.9. The summed E-state index contributed by atoms with van der Waals surface area (Å²) in [6.45, 7) is 4.16. The van der Waals surface area contributed by atoms with E-state index >= 15 is 0 Å². The minimum absolute atomic E-state index is 0.107. The molecule has 8 heteroatoms. The zero-order valence-electron chi connectivity index (χ0n) is 18.2. The van der Waals surface area contributed by atoms with E-state index < -0.39 is 10.0 Å². The van der Waals surface area contributed by atoms with E-state index in [0.29, 0.717) is 17.2 Å². The highest BCUT2D eigenvalue weighted by atomic mass is 32.2. The Morgan fingerprint density at radius 3 is 2.47 bits per heavy atom. The number of carbonyl (C=O) groups excluding carboxylic acids is 1. The summed E-state index contributed by atoms with van der Waals surface area (Å²) in [5.74, 6) is -0.107. The van der Waals surface area contributed by atoms with Crippen LogP contribution in [0.1, 0.15) is 49.8 Å². The van der Waals surface area contributed by atoms with Crippen molar-refractivity contribution in [2.24, 2.45) is 0 Å². The molecule has 0 radical (unpaired) electrons. The average molecular weight is 470 g/mol. The van der Waals surface area contributed by atoms with E-state index in [9.17, 15) is 13.2 Å². The van der Waals surface area contributed by atoms with Crippen LogP contribution in [-0.2, 0) is 33.1 Å². The van der Waals surface area contributed by atoms with Crippen LogP contribution in [0.3, 0.4) is 0 Å². The molecular weight excluding hydrogens is 442 g/mol. The first-order chi connectivity index (χ1) is 15.2. The van der Waals surface area contributed by atoms with Crippen molar-refractivity contribution in [1.82, 2.24) is 4.98 Å². The molecule has 168 valence electrons. The molecule has 0 fully saturated rings. The van der Waals surface area contributed by atoms with E-state index in [0.717, 1.165) is 12.8 Å². The number of aryl methyl sites for hydroxylation is 2. The number of carbonyl (C=O) groups is 1.